The predicted octanol–water partition coefficient (Wildman–Crippen LogP) is 4.47. The van der Waals surface area contributed by atoms with Crippen LogP contribution < -0.4 is 5.32 Å². The Kier molecular flexibility index (Phi) is 6.54. The molecule has 2 aromatic heterocycles. The third-order valence-corrected chi connectivity index (χ3v) is 5.12. The molecule has 0 unspecified atom stereocenters. The number of aromatic hydroxyl groups is 1. The van der Waals surface area contributed by atoms with Gasteiger partial charge in [0.25, 0.3) is 5.91 Å². The molecular formula is C25H23N7O3. The second-order valence-electron chi connectivity index (χ2n) is 7.28. The molecule has 0 atom stereocenters. The number of anilines is 1. The summed E-state index contributed by atoms with van der Waals surface area (Å²) in [7, 11) is 1.53. The number of aromatic nitrogens is 5. The van der Waals surface area contributed by atoms with E-state index in [1.54, 1.807) is 61.8 Å². The lowest BCUT2D eigenvalue weighted by atomic mass is 10.0. The van der Waals surface area contributed by atoms with Gasteiger partial charge in [-0.25, -0.2) is 14.7 Å². The van der Waals surface area contributed by atoms with Crippen molar-refractivity contribution in [3.05, 3.63) is 78.8 Å². The van der Waals surface area contributed by atoms with Crippen LogP contribution in [-0.4, -0.2) is 49.3 Å². The molecule has 35 heavy (non-hydrogen) atoms. The number of amides is 1. The van der Waals surface area contributed by atoms with Crippen LogP contribution in [0.15, 0.2) is 72.7 Å². The second-order valence-corrected chi connectivity index (χ2v) is 7.28. The van der Waals surface area contributed by atoms with Crippen LogP contribution in [0.25, 0.3) is 34.2 Å². The number of phenols is 1. The quantitative estimate of drug-likeness (QED) is 0.198. The number of methoxy groups -OCH3 is 1. The predicted molar refractivity (Wildman–Crippen MR) is 136 cm³/mol. The number of phenolic OH excluding ortho intramolecular Hbond substituents is 1. The molecule has 0 aliphatic heterocycles. The molecule has 1 amide bonds. The van der Waals surface area contributed by atoms with E-state index in [0.29, 0.717) is 45.3 Å². The zero-order valence-corrected chi connectivity index (χ0v) is 19.2. The first-order chi connectivity index (χ1) is 17.0. The number of hydrogen-bond acceptors (Lipinski definition) is 7. The highest BCUT2D eigenvalue weighted by Crippen LogP contribution is 2.33. The Morgan fingerprint density at radius 3 is 2.71 bits per heavy atom. The number of aromatic amines is 1. The number of ether oxygens (including phenoxy) is 1. The maximum atomic E-state index is 12.7. The first-order valence-corrected chi connectivity index (χ1v) is 10.6. The van der Waals surface area contributed by atoms with Crippen molar-refractivity contribution < 1.29 is 14.6 Å². The first-order valence-electron chi connectivity index (χ1n) is 10.6. The minimum atomic E-state index is -0.353. The summed E-state index contributed by atoms with van der Waals surface area (Å²) in [5.74, 6) is 0.821. The molecule has 0 fully saturated rings. The van der Waals surface area contributed by atoms with E-state index >= 15 is 0 Å². The van der Waals surface area contributed by atoms with Crippen molar-refractivity contribution in [2.24, 2.45) is 4.99 Å². The Morgan fingerprint density at radius 2 is 2.03 bits per heavy atom. The third-order valence-electron chi connectivity index (χ3n) is 5.12. The Morgan fingerprint density at radius 1 is 1.23 bits per heavy atom. The number of carbonyl (C=O) groups is 1. The number of fused-ring (bicyclic) bond motifs is 1. The number of imidazole rings is 1. The first kappa shape index (κ1) is 23.2. The lowest BCUT2D eigenvalue weighted by molar-refractivity contribution is 0.102. The van der Waals surface area contributed by atoms with Gasteiger partial charge in [0.2, 0.25) is 5.88 Å². The molecule has 4 aromatic rings. The van der Waals surface area contributed by atoms with Gasteiger partial charge >= 0.3 is 0 Å². The highest BCUT2D eigenvalue weighted by molar-refractivity contribution is 6.05. The van der Waals surface area contributed by atoms with Gasteiger partial charge in [-0.15, -0.1) is 5.10 Å². The van der Waals surface area contributed by atoms with E-state index in [2.05, 4.69) is 43.7 Å². The topological polar surface area (TPSA) is 130 Å². The molecule has 0 radical (unpaired) electrons. The summed E-state index contributed by atoms with van der Waals surface area (Å²) in [6.45, 7) is 9.24. The van der Waals surface area contributed by atoms with Gasteiger partial charge in [0.1, 0.15) is 11.6 Å². The lowest BCUT2D eigenvalue weighted by Gasteiger charge is -2.10. The van der Waals surface area contributed by atoms with Gasteiger partial charge in [-0.1, -0.05) is 30.5 Å². The van der Waals surface area contributed by atoms with Crippen molar-refractivity contribution in [1.82, 2.24) is 25.0 Å². The fraction of sp³-hybridized carbons (Fsp3) is 0.0800. The van der Waals surface area contributed by atoms with Crippen molar-refractivity contribution in [2.45, 2.75) is 6.92 Å². The van der Waals surface area contributed by atoms with Crippen LogP contribution in [0, 0.1) is 0 Å². The van der Waals surface area contributed by atoms with Crippen molar-refractivity contribution in [3.8, 4) is 17.1 Å². The maximum absolute atomic E-state index is 12.7. The molecule has 2 heterocycles. The Bertz CT molecular complexity index is 1490. The van der Waals surface area contributed by atoms with E-state index in [9.17, 15) is 9.90 Å². The summed E-state index contributed by atoms with van der Waals surface area (Å²) in [6, 6.07) is 10.1. The Labute approximate surface area is 201 Å². The standard InChI is InChI=1S/C25H23N7O3/c1-5-17(25(35-4)26-6-2)15-9-11-21(33)18(12-15)23-27-19-10-8-16(13-20(19)28-23)24(34)29-22-14-32(7-3)31-30-22/h5-14,33H,1,3H2,2,4H3,(H,27,28)(H,29,34)/b25-17-,26-6-. The van der Waals surface area contributed by atoms with Gasteiger partial charge < -0.3 is 20.1 Å². The van der Waals surface area contributed by atoms with E-state index in [0.717, 1.165) is 5.56 Å². The molecule has 0 aliphatic carbocycles. The number of aliphatic imine (C=N–C) groups is 1. The highest BCUT2D eigenvalue weighted by Gasteiger charge is 2.15. The largest absolute Gasteiger partial charge is 0.507 e. The van der Waals surface area contributed by atoms with Crippen molar-refractivity contribution in [3.63, 3.8) is 0 Å². The molecule has 176 valence electrons. The van der Waals surface area contributed by atoms with Crippen LogP contribution in [0.1, 0.15) is 22.8 Å². The minimum absolute atomic E-state index is 0.0393. The van der Waals surface area contributed by atoms with Gasteiger partial charge in [-0.3, -0.25) is 4.79 Å². The molecule has 3 N–H and O–H groups in total. The van der Waals surface area contributed by atoms with Gasteiger partial charge in [0.05, 0.1) is 29.9 Å². The number of nitrogens with zero attached hydrogens (tertiary/aromatic N) is 5. The number of allylic oxidation sites excluding steroid dienone is 2. The van der Waals surface area contributed by atoms with Crippen LogP contribution in [0.4, 0.5) is 5.82 Å². The molecule has 0 saturated carbocycles. The zero-order chi connectivity index (χ0) is 24.9. The highest BCUT2D eigenvalue weighted by atomic mass is 16.5. The summed E-state index contributed by atoms with van der Waals surface area (Å²) in [5, 5.41) is 20.9. The lowest BCUT2D eigenvalue weighted by Crippen LogP contribution is -2.12. The number of rotatable bonds is 8. The molecule has 10 heteroatoms. The number of hydrogen-bond donors (Lipinski definition) is 3. The SMILES string of the molecule is C=C/C(=C(\N=C/C)OC)c1ccc(O)c(-c2nc3ccc(C(=O)Nc4cn(C=C)nn4)cc3[nH]2)c1. The fourth-order valence-corrected chi connectivity index (χ4v) is 3.46. The maximum Gasteiger partial charge on any atom is 0.256 e. The van der Waals surface area contributed by atoms with E-state index in [4.69, 9.17) is 4.74 Å². The number of carbonyl (C=O) groups excluding carboxylic acids is 1. The number of H-pyrrole nitrogens is 1. The van der Waals surface area contributed by atoms with Crippen LogP contribution in [0.3, 0.4) is 0 Å². The summed E-state index contributed by atoms with van der Waals surface area (Å²) >= 11 is 0. The molecule has 2 aromatic carbocycles. The molecule has 10 nitrogen and oxygen atoms in total. The zero-order valence-electron chi connectivity index (χ0n) is 19.2. The minimum Gasteiger partial charge on any atom is -0.507 e. The average molecular weight is 470 g/mol. The van der Waals surface area contributed by atoms with Gasteiger partial charge in [0.15, 0.2) is 5.82 Å². The molecule has 0 saturated heterocycles. The van der Waals surface area contributed by atoms with Gasteiger partial charge in [-0.2, -0.15) is 0 Å². The van der Waals surface area contributed by atoms with Gasteiger partial charge in [-0.05, 0) is 42.8 Å². The monoisotopic (exact) mass is 469 g/mol. The molecule has 0 spiro atoms. The third kappa shape index (κ3) is 4.71. The molecule has 0 aliphatic rings. The van der Waals surface area contributed by atoms with E-state index in [-0.39, 0.29) is 11.7 Å². The van der Waals surface area contributed by atoms with Crippen molar-refractivity contribution >= 4 is 40.7 Å². The van der Waals surface area contributed by atoms with Crippen LogP contribution in [-0.2, 0) is 4.74 Å². The summed E-state index contributed by atoms with van der Waals surface area (Å²) < 4.78 is 6.77. The van der Waals surface area contributed by atoms with E-state index < -0.39 is 0 Å². The average Bonchev–Trinajstić information content (AvgIpc) is 3.50. The Balaban J connectivity index is 1.69. The van der Waals surface area contributed by atoms with Crippen LogP contribution in [0.2, 0.25) is 0 Å². The van der Waals surface area contributed by atoms with E-state index in [1.807, 2.05) is 0 Å². The summed E-state index contributed by atoms with van der Waals surface area (Å²) in [6.07, 6.45) is 6.27. The number of nitrogens with one attached hydrogen (secondary N) is 2. The molecule has 4 rings (SSSR count). The van der Waals surface area contributed by atoms with Crippen molar-refractivity contribution in [2.75, 3.05) is 12.4 Å². The summed E-state index contributed by atoms with van der Waals surface area (Å²) in [4.78, 5) is 24.7. The molecular weight excluding hydrogens is 446 g/mol. The second kappa shape index (κ2) is 9.87. The Hall–Kier alpha value is -4.99. The van der Waals surface area contributed by atoms with E-state index in [1.165, 1.54) is 18.0 Å². The van der Waals surface area contributed by atoms with Gasteiger partial charge in [0, 0.05) is 23.6 Å². The van der Waals surface area contributed by atoms with Crippen molar-refractivity contribution in [1.29, 1.82) is 0 Å². The molecule has 0 bridgehead atoms. The number of benzene rings is 2. The van der Waals surface area contributed by atoms with Crippen LogP contribution >= 0.6 is 0 Å². The van der Waals surface area contributed by atoms with Crippen LogP contribution in [0.5, 0.6) is 5.75 Å². The summed E-state index contributed by atoms with van der Waals surface area (Å²) in [5.41, 5.74) is 3.53. The normalized spacial score (nSPS) is 11.9. The smallest absolute Gasteiger partial charge is 0.256 e. The fourth-order valence-electron chi connectivity index (χ4n) is 3.46.